The Balaban J connectivity index is 2.73. The normalized spacial score (nSPS) is 20.9. The van der Waals surface area contributed by atoms with Gasteiger partial charge in [-0.25, -0.2) is 4.79 Å². The number of ether oxygens (including phenoxy) is 1. The second-order valence-electron chi connectivity index (χ2n) is 3.19. The van der Waals surface area contributed by atoms with Crippen LogP contribution in [0.25, 0.3) is 0 Å². The van der Waals surface area contributed by atoms with Gasteiger partial charge in [-0.3, -0.25) is 4.90 Å². The number of carbonyl (C=O) groups is 1. The third-order valence-corrected chi connectivity index (χ3v) is 2.60. The average Bonchev–Trinajstić information content (AvgIpc) is 2.18. The second kappa shape index (κ2) is 5.69. The van der Waals surface area contributed by atoms with E-state index in [1.165, 1.54) is 4.90 Å². The molecule has 0 aromatic rings. The first-order valence-electron chi connectivity index (χ1n) is 4.88. The molecule has 7 heteroatoms. The quantitative estimate of drug-likeness (QED) is 0.714. The van der Waals surface area contributed by atoms with Gasteiger partial charge in [0.2, 0.25) is 0 Å². The lowest BCUT2D eigenvalue weighted by molar-refractivity contribution is 0.0795. The Morgan fingerprint density at radius 1 is 1.53 bits per heavy atom. The number of carbonyl (C=O) groups excluding carboxylic acids is 1. The summed E-state index contributed by atoms with van der Waals surface area (Å²) in [5, 5.41) is 0. The van der Waals surface area contributed by atoms with E-state index in [1.54, 1.807) is 6.92 Å². The highest BCUT2D eigenvalue weighted by Crippen LogP contribution is 2.18. The van der Waals surface area contributed by atoms with Gasteiger partial charge in [-0.15, -0.1) is 4.36 Å². The molecule has 0 aromatic carbocycles. The molecule has 15 heavy (non-hydrogen) atoms. The lowest BCUT2D eigenvalue weighted by Gasteiger charge is -2.30. The van der Waals surface area contributed by atoms with E-state index in [0.717, 1.165) is 12.8 Å². The molecule has 86 valence electrons. The van der Waals surface area contributed by atoms with Crippen LogP contribution in [-0.4, -0.2) is 38.7 Å². The minimum atomic E-state index is -2.48. The van der Waals surface area contributed by atoms with Crippen LogP contribution < -0.4 is 0 Å². The molecule has 0 spiro atoms. The van der Waals surface area contributed by atoms with Crippen LogP contribution in [0, 0.1) is 0 Å². The molecule has 0 N–H and O–H groups in total. The van der Waals surface area contributed by atoms with Crippen molar-refractivity contribution in [3.05, 3.63) is 0 Å². The summed E-state index contributed by atoms with van der Waals surface area (Å²) in [6.45, 7) is 2.49. The van der Waals surface area contributed by atoms with E-state index in [9.17, 15) is 13.2 Å². The van der Waals surface area contributed by atoms with Gasteiger partial charge < -0.3 is 4.74 Å². The number of hydrogen-bond donors (Lipinski definition) is 0. The Morgan fingerprint density at radius 2 is 2.27 bits per heavy atom. The van der Waals surface area contributed by atoms with Gasteiger partial charge >= 0.3 is 16.6 Å². The molecule has 1 aliphatic rings. The molecule has 1 amide bonds. The predicted molar refractivity (Wildman–Crippen MR) is 52.7 cm³/mol. The molecule has 1 saturated heterocycles. The first kappa shape index (κ1) is 12.0. The molecule has 0 bridgehead atoms. The average molecular weight is 234 g/mol. The second-order valence-corrected chi connectivity index (χ2v) is 3.84. The summed E-state index contributed by atoms with van der Waals surface area (Å²) in [4.78, 5) is 12.8. The molecule has 0 aliphatic carbocycles. The SMILES string of the molecule is CCOC(=O)N1CCCCC1N=S(=O)=O. The molecule has 1 atom stereocenters. The zero-order valence-corrected chi connectivity index (χ0v) is 9.37. The van der Waals surface area contributed by atoms with E-state index in [4.69, 9.17) is 4.74 Å². The predicted octanol–water partition coefficient (Wildman–Crippen LogP) is 1.02. The van der Waals surface area contributed by atoms with Crippen molar-refractivity contribution < 1.29 is 17.9 Å². The first-order chi connectivity index (χ1) is 7.15. The molecular weight excluding hydrogens is 220 g/mol. The van der Waals surface area contributed by atoms with Crippen LogP contribution in [0.3, 0.4) is 0 Å². The van der Waals surface area contributed by atoms with E-state index < -0.39 is 22.8 Å². The molecular formula is C8H14N2O4S. The Kier molecular flexibility index (Phi) is 4.54. The van der Waals surface area contributed by atoms with Gasteiger partial charge in [0.15, 0.2) is 0 Å². The molecule has 6 nitrogen and oxygen atoms in total. The van der Waals surface area contributed by atoms with E-state index in [-0.39, 0.29) is 6.61 Å². The molecule has 1 heterocycles. The maximum absolute atomic E-state index is 11.4. The Morgan fingerprint density at radius 3 is 2.87 bits per heavy atom. The van der Waals surface area contributed by atoms with Crippen molar-refractivity contribution in [2.24, 2.45) is 4.36 Å². The molecule has 1 fully saturated rings. The van der Waals surface area contributed by atoms with Crippen molar-refractivity contribution in [2.45, 2.75) is 32.4 Å². The van der Waals surface area contributed by atoms with Gasteiger partial charge in [-0.2, -0.15) is 8.42 Å². The Labute approximate surface area is 89.9 Å². The summed E-state index contributed by atoms with van der Waals surface area (Å²) in [5.74, 6) is 0. The molecule has 0 saturated carbocycles. The minimum absolute atomic E-state index is 0.280. The summed E-state index contributed by atoms with van der Waals surface area (Å²) in [5.41, 5.74) is 0. The van der Waals surface area contributed by atoms with Crippen LogP contribution in [0.1, 0.15) is 26.2 Å². The van der Waals surface area contributed by atoms with Gasteiger partial charge in [-0.05, 0) is 26.2 Å². The maximum Gasteiger partial charge on any atom is 0.411 e. The molecule has 1 rings (SSSR count). The standard InChI is InChI=1S/C8H14N2O4S/c1-2-14-8(11)10-6-4-3-5-7(10)9-15(12)13/h7H,2-6H2,1H3. The van der Waals surface area contributed by atoms with Crippen LogP contribution in [0.2, 0.25) is 0 Å². The number of likely N-dealkylation sites (tertiary alicyclic amines) is 1. The number of hydrogen-bond acceptors (Lipinski definition) is 5. The minimum Gasteiger partial charge on any atom is -0.450 e. The van der Waals surface area contributed by atoms with Crippen molar-refractivity contribution in [2.75, 3.05) is 13.2 Å². The number of piperidine rings is 1. The molecule has 1 aliphatic heterocycles. The van der Waals surface area contributed by atoms with Crippen LogP contribution >= 0.6 is 0 Å². The van der Waals surface area contributed by atoms with Gasteiger partial charge in [0.25, 0.3) is 0 Å². The van der Waals surface area contributed by atoms with Crippen LogP contribution in [0.5, 0.6) is 0 Å². The highest BCUT2D eigenvalue weighted by atomic mass is 32.2. The van der Waals surface area contributed by atoms with Crippen molar-refractivity contribution >= 4 is 16.6 Å². The summed E-state index contributed by atoms with van der Waals surface area (Å²) in [7, 11) is -2.48. The summed E-state index contributed by atoms with van der Waals surface area (Å²) in [6.07, 6.45) is 1.23. The lowest BCUT2D eigenvalue weighted by atomic mass is 10.1. The monoisotopic (exact) mass is 234 g/mol. The van der Waals surface area contributed by atoms with Crippen molar-refractivity contribution in [1.82, 2.24) is 4.90 Å². The van der Waals surface area contributed by atoms with Gasteiger partial charge in [0.05, 0.1) is 6.61 Å². The fourth-order valence-electron chi connectivity index (χ4n) is 1.54. The third kappa shape index (κ3) is 3.50. The number of rotatable bonds is 2. The van der Waals surface area contributed by atoms with Crippen molar-refractivity contribution in [1.29, 1.82) is 0 Å². The highest BCUT2D eigenvalue weighted by molar-refractivity contribution is 7.61. The van der Waals surface area contributed by atoms with Crippen LogP contribution in [0.4, 0.5) is 4.79 Å². The lowest BCUT2D eigenvalue weighted by Crippen LogP contribution is -2.42. The maximum atomic E-state index is 11.4. The third-order valence-electron chi connectivity index (χ3n) is 2.18. The summed E-state index contributed by atoms with van der Waals surface area (Å²) < 4.78 is 29.2. The fourth-order valence-corrected chi connectivity index (χ4v) is 1.96. The topological polar surface area (TPSA) is 76.0 Å². The van der Waals surface area contributed by atoms with Crippen LogP contribution in [0.15, 0.2) is 4.36 Å². The zero-order chi connectivity index (χ0) is 11.3. The highest BCUT2D eigenvalue weighted by Gasteiger charge is 2.27. The van der Waals surface area contributed by atoms with Crippen molar-refractivity contribution in [3.8, 4) is 0 Å². The van der Waals surface area contributed by atoms with Gasteiger partial charge in [0, 0.05) is 6.54 Å². The van der Waals surface area contributed by atoms with Crippen molar-refractivity contribution in [3.63, 3.8) is 0 Å². The summed E-state index contributed by atoms with van der Waals surface area (Å²) in [6, 6.07) is 0. The summed E-state index contributed by atoms with van der Waals surface area (Å²) >= 11 is 0. The van der Waals surface area contributed by atoms with E-state index in [1.807, 2.05) is 0 Å². The van der Waals surface area contributed by atoms with Gasteiger partial charge in [-0.1, -0.05) is 0 Å². The van der Waals surface area contributed by atoms with E-state index in [0.29, 0.717) is 13.0 Å². The number of nitrogens with zero attached hydrogens (tertiary/aromatic N) is 2. The largest absolute Gasteiger partial charge is 0.450 e. The Hall–Kier alpha value is -1.11. The molecule has 0 radical (unpaired) electrons. The van der Waals surface area contributed by atoms with E-state index >= 15 is 0 Å². The zero-order valence-electron chi connectivity index (χ0n) is 8.55. The van der Waals surface area contributed by atoms with Crippen LogP contribution in [-0.2, 0) is 15.2 Å². The first-order valence-corrected chi connectivity index (χ1v) is 5.92. The molecule has 1 unspecified atom stereocenters. The molecule has 0 aromatic heterocycles. The smallest absolute Gasteiger partial charge is 0.411 e. The van der Waals surface area contributed by atoms with E-state index in [2.05, 4.69) is 4.36 Å². The Bertz CT molecular complexity index is 344. The van der Waals surface area contributed by atoms with Gasteiger partial charge in [0.1, 0.15) is 6.17 Å². The fraction of sp³-hybridized carbons (Fsp3) is 0.875. The number of amides is 1.